The lowest BCUT2D eigenvalue weighted by Crippen LogP contribution is -2.41. The SMILES string of the molecule is CCC(C)(O)CN1CC(C)CS1(=O)=O. The molecule has 1 N–H and O–H groups in total. The fraction of sp³-hybridized carbons (Fsp3) is 1.00. The van der Waals surface area contributed by atoms with Gasteiger partial charge in [-0.1, -0.05) is 13.8 Å². The van der Waals surface area contributed by atoms with Crippen molar-refractivity contribution in [1.82, 2.24) is 4.31 Å². The lowest BCUT2D eigenvalue weighted by Gasteiger charge is -2.26. The molecule has 1 fully saturated rings. The number of aliphatic hydroxyl groups is 1. The molecule has 1 aliphatic rings. The maximum absolute atomic E-state index is 11.6. The van der Waals surface area contributed by atoms with E-state index in [4.69, 9.17) is 0 Å². The summed E-state index contributed by atoms with van der Waals surface area (Å²) < 4.78 is 24.6. The highest BCUT2D eigenvalue weighted by atomic mass is 32.2. The van der Waals surface area contributed by atoms with E-state index in [1.54, 1.807) is 6.92 Å². The average molecular weight is 221 g/mol. The molecule has 0 saturated carbocycles. The van der Waals surface area contributed by atoms with Gasteiger partial charge in [-0.15, -0.1) is 0 Å². The van der Waals surface area contributed by atoms with Crippen molar-refractivity contribution in [3.8, 4) is 0 Å². The summed E-state index contributed by atoms with van der Waals surface area (Å²) in [6.07, 6.45) is 0.563. The molecule has 0 bridgehead atoms. The van der Waals surface area contributed by atoms with Crippen LogP contribution in [0.1, 0.15) is 27.2 Å². The Morgan fingerprint density at radius 2 is 2.14 bits per heavy atom. The minimum Gasteiger partial charge on any atom is -0.389 e. The third-order valence-corrected chi connectivity index (χ3v) is 4.74. The van der Waals surface area contributed by atoms with Gasteiger partial charge in [-0.25, -0.2) is 8.42 Å². The van der Waals surface area contributed by atoms with Crippen LogP contribution in [0.2, 0.25) is 0 Å². The van der Waals surface area contributed by atoms with E-state index in [2.05, 4.69) is 0 Å². The lowest BCUT2D eigenvalue weighted by atomic mass is 10.0. The zero-order valence-corrected chi connectivity index (χ0v) is 9.84. The summed E-state index contributed by atoms with van der Waals surface area (Å²) in [5.74, 6) is 0.389. The predicted molar refractivity (Wildman–Crippen MR) is 55.4 cm³/mol. The summed E-state index contributed by atoms with van der Waals surface area (Å²) in [5, 5.41) is 9.80. The van der Waals surface area contributed by atoms with E-state index < -0.39 is 15.6 Å². The monoisotopic (exact) mass is 221 g/mol. The van der Waals surface area contributed by atoms with Crippen LogP contribution in [0.15, 0.2) is 0 Å². The lowest BCUT2D eigenvalue weighted by molar-refractivity contribution is 0.0374. The Morgan fingerprint density at radius 1 is 1.57 bits per heavy atom. The van der Waals surface area contributed by atoms with E-state index in [9.17, 15) is 13.5 Å². The van der Waals surface area contributed by atoms with Crippen molar-refractivity contribution < 1.29 is 13.5 Å². The number of hydrogen-bond donors (Lipinski definition) is 1. The van der Waals surface area contributed by atoms with Gasteiger partial charge in [0.2, 0.25) is 10.0 Å². The van der Waals surface area contributed by atoms with Crippen LogP contribution in [-0.2, 0) is 10.0 Å². The zero-order valence-electron chi connectivity index (χ0n) is 9.02. The molecule has 0 aliphatic carbocycles. The molecule has 14 heavy (non-hydrogen) atoms. The summed E-state index contributed by atoms with van der Waals surface area (Å²) in [5.41, 5.74) is -0.906. The van der Waals surface area contributed by atoms with Crippen LogP contribution < -0.4 is 0 Å². The standard InChI is InChI=1S/C9H19NO3S/c1-4-9(3,11)7-10-5-8(2)6-14(10,12)13/h8,11H,4-7H2,1-3H3. The Balaban J connectivity index is 2.71. The van der Waals surface area contributed by atoms with Gasteiger partial charge in [0.15, 0.2) is 0 Å². The second-order valence-corrected chi connectivity index (χ2v) is 6.54. The third kappa shape index (κ3) is 2.68. The quantitative estimate of drug-likeness (QED) is 0.752. The number of nitrogens with zero attached hydrogens (tertiary/aromatic N) is 1. The predicted octanol–water partition coefficient (Wildman–Crippen LogP) is 0.429. The molecule has 0 aromatic heterocycles. The summed E-state index contributed by atoms with van der Waals surface area (Å²) in [4.78, 5) is 0. The summed E-state index contributed by atoms with van der Waals surface area (Å²) in [6, 6.07) is 0. The van der Waals surface area contributed by atoms with Gasteiger partial charge in [-0.3, -0.25) is 0 Å². The summed E-state index contributed by atoms with van der Waals surface area (Å²) >= 11 is 0. The van der Waals surface area contributed by atoms with E-state index in [-0.39, 0.29) is 18.2 Å². The molecule has 1 rings (SSSR count). The second kappa shape index (κ2) is 3.79. The molecular weight excluding hydrogens is 202 g/mol. The molecule has 0 spiro atoms. The maximum atomic E-state index is 11.6. The molecule has 84 valence electrons. The average Bonchev–Trinajstić information content (AvgIpc) is 2.24. The van der Waals surface area contributed by atoms with Gasteiger partial charge in [-0.05, 0) is 19.3 Å². The Labute approximate surface area is 86.0 Å². The molecule has 4 nitrogen and oxygen atoms in total. The topological polar surface area (TPSA) is 57.6 Å². The number of rotatable bonds is 3. The number of β-amino-alcohol motifs (C(OH)–C–C–N with tert-alkyl or cyclic N) is 1. The normalized spacial score (nSPS) is 31.6. The highest BCUT2D eigenvalue weighted by molar-refractivity contribution is 7.89. The largest absolute Gasteiger partial charge is 0.389 e. The molecule has 0 radical (unpaired) electrons. The molecule has 2 unspecified atom stereocenters. The van der Waals surface area contributed by atoms with Crippen LogP contribution in [0.5, 0.6) is 0 Å². The van der Waals surface area contributed by atoms with E-state index in [1.165, 1.54) is 4.31 Å². The molecule has 0 aromatic carbocycles. The molecule has 5 heteroatoms. The van der Waals surface area contributed by atoms with Crippen LogP contribution in [0, 0.1) is 5.92 Å². The van der Waals surface area contributed by atoms with Gasteiger partial charge in [0, 0.05) is 13.1 Å². The van der Waals surface area contributed by atoms with Gasteiger partial charge < -0.3 is 5.11 Å². The Kier molecular flexibility index (Phi) is 3.23. The van der Waals surface area contributed by atoms with Crippen molar-refractivity contribution in [2.24, 2.45) is 5.92 Å². The fourth-order valence-electron chi connectivity index (χ4n) is 1.63. The number of hydrogen-bond acceptors (Lipinski definition) is 3. The Bertz CT molecular complexity index is 297. The molecule has 1 heterocycles. The van der Waals surface area contributed by atoms with Crippen molar-refractivity contribution in [2.75, 3.05) is 18.8 Å². The van der Waals surface area contributed by atoms with Crippen molar-refractivity contribution in [1.29, 1.82) is 0 Å². The highest BCUT2D eigenvalue weighted by Crippen LogP contribution is 2.22. The first kappa shape index (κ1) is 11.9. The first-order chi connectivity index (χ1) is 6.27. The van der Waals surface area contributed by atoms with Crippen molar-refractivity contribution in [3.63, 3.8) is 0 Å². The molecule has 1 saturated heterocycles. The minimum absolute atomic E-state index is 0.174. The van der Waals surface area contributed by atoms with E-state index >= 15 is 0 Å². The Morgan fingerprint density at radius 3 is 2.50 bits per heavy atom. The van der Waals surface area contributed by atoms with Crippen LogP contribution in [0.25, 0.3) is 0 Å². The van der Waals surface area contributed by atoms with Gasteiger partial charge in [-0.2, -0.15) is 4.31 Å². The van der Waals surface area contributed by atoms with Crippen LogP contribution in [0.3, 0.4) is 0 Å². The molecule has 1 aliphatic heterocycles. The van der Waals surface area contributed by atoms with Crippen LogP contribution >= 0.6 is 0 Å². The zero-order chi connectivity index (χ0) is 11.0. The molecular formula is C9H19NO3S. The Hall–Kier alpha value is -0.130. The summed E-state index contributed by atoms with van der Waals surface area (Å²) in [6.45, 7) is 6.20. The summed E-state index contributed by atoms with van der Waals surface area (Å²) in [7, 11) is -3.11. The first-order valence-corrected chi connectivity index (χ1v) is 6.58. The molecule has 0 aromatic rings. The van der Waals surface area contributed by atoms with E-state index in [0.717, 1.165) is 0 Å². The van der Waals surface area contributed by atoms with Crippen LogP contribution in [0.4, 0.5) is 0 Å². The van der Waals surface area contributed by atoms with Gasteiger partial charge in [0.25, 0.3) is 0 Å². The number of sulfonamides is 1. The molecule has 2 atom stereocenters. The van der Waals surface area contributed by atoms with Gasteiger partial charge in [0.05, 0.1) is 11.4 Å². The van der Waals surface area contributed by atoms with Gasteiger partial charge in [0.1, 0.15) is 0 Å². The fourth-order valence-corrected chi connectivity index (χ4v) is 3.63. The van der Waals surface area contributed by atoms with Gasteiger partial charge >= 0.3 is 0 Å². The van der Waals surface area contributed by atoms with E-state index in [0.29, 0.717) is 13.0 Å². The second-order valence-electron chi connectivity index (χ2n) is 4.53. The van der Waals surface area contributed by atoms with Crippen molar-refractivity contribution in [3.05, 3.63) is 0 Å². The third-order valence-electron chi connectivity index (χ3n) is 2.68. The van der Waals surface area contributed by atoms with E-state index in [1.807, 2.05) is 13.8 Å². The van der Waals surface area contributed by atoms with Crippen molar-refractivity contribution >= 4 is 10.0 Å². The smallest absolute Gasteiger partial charge is 0.214 e. The van der Waals surface area contributed by atoms with Crippen LogP contribution in [-0.4, -0.2) is 42.3 Å². The first-order valence-electron chi connectivity index (χ1n) is 4.97. The van der Waals surface area contributed by atoms with Crippen molar-refractivity contribution in [2.45, 2.75) is 32.8 Å². The molecule has 0 amide bonds. The minimum atomic E-state index is -3.11. The highest BCUT2D eigenvalue weighted by Gasteiger charge is 2.37. The maximum Gasteiger partial charge on any atom is 0.214 e.